The van der Waals surface area contributed by atoms with E-state index < -0.39 is 5.24 Å². The van der Waals surface area contributed by atoms with Crippen molar-refractivity contribution >= 4 is 40.8 Å². The van der Waals surface area contributed by atoms with Crippen molar-refractivity contribution in [3.63, 3.8) is 0 Å². The highest BCUT2D eigenvalue weighted by atomic mass is 35.5. The Labute approximate surface area is 165 Å². The fraction of sp³-hybridized carbons (Fsp3) is 0.421. The number of aryl methyl sites for hydroxylation is 2. The Balaban J connectivity index is 0.00000243. The van der Waals surface area contributed by atoms with Gasteiger partial charge in [0.1, 0.15) is 5.82 Å². The summed E-state index contributed by atoms with van der Waals surface area (Å²) in [5.41, 5.74) is 4.67. The highest BCUT2D eigenvalue weighted by Crippen LogP contribution is 2.30. The van der Waals surface area contributed by atoms with Gasteiger partial charge < -0.3 is 10.2 Å². The summed E-state index contributed by atoms with van der Waals surface area (Å²) in [7, 11) is 0. The number of rotatable bonds is 4. The van der Waals surface area contributed by atoms with Crippen LogP contribution in [0.3, 0.4) is 0 Å². The molecule has 0 spiro atoms. The Bertz CT molecular complexity index is 775. The zero-order valence-electron chi connectivity index (χ0n) is 15.3. The predicted molar refractivity (Wildman–Crippen MR) is 109 cm³/mol. The van der Waals surface area contributed by atoms with Gasteiger partial charge in [-0.25, -0.2) is 4.98 Å². The molecule has 1 N–H and O–H groups in total. The fourth-order valence-corrected chi connectivity index (χ4v) is 3.91. The fourth-order valence-electron chi connectivity index (χ4n) is 3.62. The van der Waals surface area contributed by atoms with Crippen LogP contribution in [-0.4, -0.2) is 34.3 Å². The van der Waals surface area contributed by atoms with E-state index in [-0.39, 0.29) is 12.4 Å². The van der Waals surface area contributed by atoms with Gasteiger partial charge in [0.05, 0.1) is 6.20 Å². The molecule has 1 aromatic heterocycles. The van der Waals surface area contributed by atoms with Gasteiger partial charge in [0.15, 0.2) is 0 Å². The Morgan fingerprint density at radius 3 is 2.46 bits per heavy atom. The first-order valence-corrected chi connectivity index (χ1v) is 8.93. The molecule has 26 heavy (non-hydrogen) atoms. The normalized spacial score (nSPS) is 14.7. The summed E-state index contributed by atoms with van der Waals surface area (Å²) in [4.78, 5) is 22.5. The minimum absolute atomic E-state index is 0. The van der Waals surface area contributed by atoms with Crippen molar-refractivity contribution in [3.05, 3.63) is 46.9 Å². The molecule has 2 heterocycles. The van der Waals surface area contributed by atoms with E-state index in [1.165, 1.54) is 0 Å². The van der Waals surface area contributed by atoms with Crippen LogP contribution in [0.25, 0.3) is 0 Å². The van der Waals surface area contributed by atoms with Gasteiger partial charge in [0, 0.05) is 42.8 Å². The number of anilines is 2. The maximum atomic E-state index is 11.8. The molecule has 0 aliphatic carbocycles. The van der Waals surface area contributed by atoms with Gasteiger partial charge in [0.2, 0.25) is 0 Å². The van der Waals surface area contributed by atoms with Crippen LogP contribution in [0.5, 0.6) is 0 Å². The number of piperidine rings is 1. The molecule has 1 fully saturated rings. The number of benzene rings is 1. The molecule has 3 rings (SSSR count). The van der Waals surface area contributed by atoms with E-state index in [2.05, 4.69) is 27.1 Å². The van der Waals surface area contributed by atoms with Gasteiger partial charge in [-0.3, -0.25) is 9.78 Å². The second-order valence-corrected chi connectivity index (χ2v) is 6.97. The molecule has 1 aromatic carbocycles. The van der Waals surface area contributed by atoms with Gasteiger partial charge in [-0.15, -0.1) is 12.4 Å². The van der Waals surface area contributed by atoms with Crippen LogP contribution in [0.1, 0.15) is 39.9 Å². The van der Waals surface area contributed by atoms with E-state index >= 15 is 0 Å². The van der Waals surface area contributed by atoms with Gasteiger partial charge >= 0.3 is 0 Å². The van der Waals surface area contributed by atoms with Crippen LogP contribution in [0.15, 0.2) is 24.7 Å². The third kappa shape index (κ3) is 4.27. The van der Waals surface area contributed by atoms with Crippen molar-refractivity contribution in [2.75, 3.05) is 23.3 Å². The van der Waals surface area contributed by atoms with Crippen molar-refractivity contribution in [1.29, 1.82) is 0 Å². The van der Waals surface area contributed by atoms with Crippen LogP contribution in [0.2, 0.25) is 0 Å². The lowest BCUT2D eigenvalue weighted by molar-refractivity contribution is 0.108. The van der Waals surface area contributed by atoms with E-state index in [0.717, 1.165) is 54.1 Å². The van der Waals surface area contributed by atoms with Crippen molar-refractivity contribution in [2.45, 2.75) is 39.7 Å². The lowest BCUT2D eigenvalue weighted by Gasteiger charge is -2.34. The van der Waals surface area contributed by atoms with Crippen molar-refractivity contribution in [2.24, 2.45) is 0 Å². The number of aromatic nitrogens is 2. The van der Waals surface area contributed by atoms with Gasteiger partial charge in [-0.05, 0) is 61.9 Å². The SMILES string of the molecule is Cc1cc(C)c(C(=O)Cl)c(C)c1NC1CCN(c2cnccn2)CC1.Cl. The summed E-state index contributed by atoms with van der Waals surface area (Å²) < 4.78 is 0. The molecule has 1 aliphatic heterocycles. The minimum Gasteiger partial charge on any atom is -0.382 e. The van der Waals surface area contributed by atoms with Gasteiger partial charge in [0.25, 0.3) is 5.24 Å². The number of carbonyl (C=O) groups is 1. The van der Waals surface area contributed by atoms with Crippen molar-refractivity contribution in [3.8, 4) is 0 Å². The largest absolute Gasteiger partial charge is 0.382 e. The highest BCUT2D eigenvalue weighted by molar-refractivity contribution is 6.68. The molecule has 5 nitrogen and oxygen atoms in total. The molecular formula is C19H24Cl2N4O. The predicted octanol–water partition coefficient (Wildman–Crippen LogP) is 4.28. The number of hydrogen-bond acceptors (Lipinski definition) is 5. The van der Waals surface area contributed by atoms with Crippen molar-refractivity contribution < 1.29 is 4.79 Å². The molecular weight excluding hydrogens is 371 g/mol. The van der Waals surface area contributed by atoms with Crippen LogP contribution in [-0.2, 0) is 0 Å². The molecule has 0 saturated carbocycles. The molecule has 0 bridgehead atoms. The van der Waals surface area contributed by atoms with Crippen LogP contribution in [0, 0.1) is 20.8 Å². The van der Waals surface area contributed by atoms with Crippen molar-refractivity contribution in [1.82, 2.24) is 9.97 Å². The van der Waals surface area contributed by atoms with Crippen LogP contribution >= 0.6 is 24.0 Å². The summed E-state index contributed by atoms with van der Waals surface area (Å²) in [6.07, 6.45) is 7.24. The van der Waals surface area contributed by atoms with Gasteiger partial charge in [-0.2, -0.15) is 0 Å². The highest BCUT2D eigenvalue weighted by Gasteiger charge is 2.22. The molecule has 7 heteroatoms. The topological polar surface area (TPSA) is 58.1 Å². The molecule has 140 valence electrons. The Morgan fingerprint density at radius 2 is 1.88 bits per heavy atom. The Kier molecular flexibility index (Phi) is 6.84. The smallest absolute Gasteiger partial charge is 0.253 e. The maximum absolute atomic E-state index is 11.8. The van der Waals surface area contributed by atoms with Gasteiger partial charge in [-0.1, -0.05) is 6.07 Å². The average Bonchev–Trinajstić information content (AvgIpc) is 2.59. The minimum atomic E-state index is -0.393. The number of halogens is 2. The summed E-state index contributed by atoms with van der Waals surface area (Å²) in [5.74, 6) is 0.929. The number of nitrogens with one attached hydrogen (secondary N) is 1. The third-order valence-corrected chi connectivity index (χ3v) is 5.07. The van der Waals surface area contributed by atoms with Crippen LogP contribution < -0.4 is 10.2 Å². The lowest BCUT2D eigenvalue weighted by atomic mass is 9.96. The lowest BCUT2D eigenvalue weighted by Crippen LogP contribution is -2.39. The average molecular weight is 395 g/mol. The van der Waals surface area contributed by atoms with E-state index in [4.69, 9.17) is 11.6 Å². The summed E-state index contributed by atoms with van der Waals surface area (Å²) in [6.45, 7) is 7.83. The number of nitrogens with zero attached hydrogens (tertiary/aromatic N) is 3. The molecule has 1 aliphatic rings. The monoisotopic (exact) mass is 394 g/mol. The molecule has 0 amide bonds. The zero-order chi connectivity index (χ0) is 18.0. The number of carbonyl (C=O) groups excluding carboxylic acids is 1. The molecule has 0 unspecified atom stereocenters. The Morgan fingerprint density at radius 1 is 1.19 bits per heavy atom. The second kappa shape index (κ2) is 8.69. The molecule has 0 atom stereocenters. The standard InChI is InChI=1S/C19H23ClN4O.ClH/c1-12-10-13(2)18(14(3)17(12)19(20)25)23-15-4-8-24(9-5-15)16-11-21-6-7-22-16;/h6-7,10-11,15,23H,4-5,8-9H2,1-3H3;1H. The first kappa shape index (κ1) is 20.5. The molecule has 1 saturated heterocycles. The van der Waals surface area contributed by atoms with E-state index in [0.29, 0.717) is 11.6 Å². The van der Waals surface area contributed by atoms with E-state index in [9.17, 15) is 4.79 Å². The zero-order valence-corrected chi connectivity index (χ0v) is 16.8. The van der Waals surface area contributed by atoms with Crippen LogP contribution in [0.4, 0.5) is 11.5 Å². The quantitative estimate of drug-likeness (QED) is 0.783. The maximum Gasteiger partial charge on any atom is 0.253 e. The summed E-state index contributed by atoms with van der Waals surface area (Å²) in [5, 5.41) is 3.25. The van der Waals surface area contributed by atoms with E-state index in [1.54, 1.807) is 18.6 Å². The van der Waals surface area contributed by atoms with E-state index in [1.807, 2.05) is 19.9 Å². The first-order chi connectivity index (χ1) is 12.0. The first-order valence-electron chi connectivity index (χ1n) is 8.55. The molecule has 2 aromatic rings. The number of hydrogen-bond donors (Lipinski definition) is 1. The second-order valence-electron chi connectivity index (χ2n) is 6.63. The summed E-state index contributed by atoms with van der Waals surface area (Å²) >= 11 is 5.78. The third-order valence-electron chi connectivity index (χ3n) is 4.89. The summed E-state index contributed by atoms with van der Waals surface area (Å²) in [6, 6.07) is 2.39. The molecule has 0 radical (unpaired) electrons. The Hall–Kier alpha value is -1.85.